The number of carbonyl (C=O) groups excluding carboxylic acids is 2. The van der Waals surface area contributed by atoms with Crippen LogP contribution in [-0.4, -0.2) is 45.2 Å². The first kappa shape index (κ1) is 18.3. The van der Waals surface area contributed by atoms with Gasteiger partial charge in [0.15, 0.2) is 0 Å². The zero-order valence-electron chi connectivity index (χ0n) is 16.8. The Morgan fingerprint density at radius 1 is 1.06 bits per heavy atom. The lowest BCUT2D eigenvalue weighted by molar-refractivity contribution is -0.148. The van der Waals surface area contributed by atoms with Gasteiger partial charge in [0.05, 0.1) is 22.8 Å². The summed E-state index contributed by atoms with van der Waals surface area (Å²) in [5.74, 6) is -3.50. The second-order valence-corrected chi connectivity index (χ2v) is 8.78. The van der Waals surface area contributed by atoms with Crippen LogP contribution >= 0.6 is 0 Å². The van der Waals surface area contributed by atoms with Crippen molar-refractivity contribution >= 4 is 23.5 Å². The molecule has 0 saturated carbocycles. The van der Waals surface area contributed by atoms with Crippen molar-refractivity contribution in [2.75, 3.05) is 4.90 Å². The van der Waals surface area contributed by atoms with Gasteiger partial charge in [0.2, 0.25) is 5.91 Å². The van der Waals surface area contributed by atoms with Gasteiger partial charge in [-0.2, -0.15) is 0 Å². The molecule has 2 amide bonds. The van der Waals surface area contributed by atoms with Gasteiger partial charge in [0.1, 0.15) is 17.7 Å². The molecule has 0 radical (unpaired) electrons. The van der Waals surface area contributed by atoms with Crippen LogP contribution in [0, 0.1) is 11.8 Å². The fraction of sp³-hybridized carbons (Fsp3) is 0.292. The molecule has 7 heteroatoms. The number of anilines is 1. The molecule has 2 fully saturated rings. The van der Waals surface area contributed by atoms with Crippen LogP contribution in [0.15, 0.2) is 66.7 Å². The number of fused-ring (bicyclic) bond motifs is 4. The van der Waals surface area contributed by atoms with Crippen LogP contribution in [-0.2, 0) is 20.9 Å². The molecule has 2 aromatic carbocycles. The van der Waals surface area contributed by atoms with Crippen molar-refractivity contribution in [1.82, 2.24) is 4.90 Å². The van der Waals surface area contributed by atoms with E-state index in [0.29, 0.717) is 11.3 Å². The van der Waals surface area contributed by atoms with Crippen molar-refractivity contribution in [3.05, 3.63) is 77.9 Å². The van der Waals surface area contributed by atoms with Crippen molar-refractivity contribution in [1.29, 1.82) is 0 Å². The van der Waals surface area contributed by atoms with Gasteiger partial charge in [-0.1, -0.05) is 48.5 Å². The molecular formula is C24H20N2O5. The van der Waals surface area contributed by atoms with E-state index in [1.807, 2.05) is 30.3 Å². The Balaban J connectivity index is 1.56. The first-order chi connectivity index (χ1) is 14.9. The average Bonchev–Trinajstić information content (AvgIpc) is 3.33. The Morgan fingerprint density at radius 3 is 2.52 bits per heavy atom. The van der Waals surface area contributed by atoms with E-state index in [0.717, 1.165) is 5.56 Å². The number of aliphatic carboxylic acids is 1. The second kappa shape index (κ2) is 5.82. The number of hydrogen-bond donors (Lipinski definition) is 1. The van der Waals surface area contributed by atoms with Crippen LogP contribution in [0.25, 0.3) is 0 Å². The quantitative estimate of drug-likeness (QED) is 0.777. The molecule has 0 unspecified atom stereocenters. The number of hydrogen-bond acceptors (Lipinski definition) is 4. The minimum absolute atomic E-state index is 0.201. The molecule has 2 bridgehead atoms. The predicted molar refractivity (Wildman–Crippen MR) is 110 cm³/mol. The van der Waals surface area contributed by atoms with E-state index < -0.39 is 35.2 Å². The number of nitrogens with zero attached hydrogens (tertiary/aromatic N) is 2. The lowest BCUT2D eigenvalue weighted by Crippen LogP contribution is -2.60. The van der Waals surface area contributed by atoms with Crippen LogP contribution in [0.5, 0.6) is 0 Å². The number of carbonyl (C=O) groups is 3. The van der Waals surface area contributed by atoms with Gasteiger partial charge in [-0.15, -0.1) is 0 Å². The first-order valence-electron chi connectivity index (χ1n) is 10.3. The molecule has 1 spiro atoms. The van der Waals surface area contributed by atoms with Gasteiger partial charge < -0.3 is 14.7 Å². The van der Waals surface area contributed by atoms with Gasteiger partial charge >= 0.3 is 5.97 Å². The number of carboxylic acids is 1. The Kier molecular flexibility index (Phi) is 3.44. The Bertz CT molecular complexity index is 1180. The zero-order valence-corrected chi connectivity index (χ0v) is 16.8. The van der Waals surface area contributed by atoms with Crippen molar-refractivity contribution in [3.8, 4) is 0 Å². The molecule has 4 aliphatic heterocycles. The highest BCUT2D eigenvalue weighted by molar-refractivity contribution is 6.12. The van der Waals surface area contributed by atoms with Gasteiger partial charge in [-0.3, -0.25) is 19.3 Å². The number of amides is 2. The summed E-state index contributed by atoms with van der Waals surface area (Å²) >= 11 is 0. The SMILES string of the molecule is C[C@@]12C=C[C@@]3(O1)[C@@H](C(=O)N1c4ccccc4C(=O)N(Cc4ccccc4)[C@@H]13)[C@H]2C(=O)O. The molecule has 1 N–H and O–H groups in total. The molecule has 31 heavy (non-hydrogen) atoms. The van der Waals surface area contributed by atoms with Crippen LogP contribution in [0.4, 0.5) is 5.69 Å². The lowest BCUT2D eigenvalue weighted by atomic mass is 9.71. The fourth-order valence-electron chi connectivity index (χ4n) is 5.87. The third kappa shape index (κ3) is 2.14. The molecular weight excluding hydrogens is 396 g/mol. The predicted octanol–water partition coefficient (Wildman–Crippen LogP) is 2.43. The van der Waals surface area contributed by atoms with Gasteiger partial charge in [0, 0.05) is 6.54 Å². The maximum absolute atomic E-state index is 13.7. The lowest BCUT2D eigenvalue weighted by Gasteiger charge is -2.45. The summed E-state index contributed by atoms with van der Waals surface area (Å²) in [6.45, 7) is 1.98. The van der Waals surface area contributed by atoms with Crippen LogP contribution in [0.2, 0.25) is 0 Å². The molecule has 7 nitrogen and oxygen atoms in total. The number of rotatable bonds is 3. The molecule has 2 aromatic rings. The minimum Gasteiger partial charge on any atom is -0.481 e. The summed E-state index contributed by atoms with van der Waals surface area (Å²) in [6, 6.07) is 16.5. The first-order valence-corrected chi connectivity index (χ1v) is 10.3. The summed E-state index contributed by atoms with van der Waals surface area (Å²) in [5, 5.41) is 9.98. The van der Waals surface area contributed by atoms with Crippen molar-refractivity contribution in [2.24, 2.45) is 11.8 Å². The molecule has 4 heterocycles. The smallest absolute Gasteiger partial charge is 0.310 e. The molecule has 4 aliphatic rings. The zero-order chi connectivity index (χ0) is 21.5. The van der Waals surface area contributed by atoms with E-state index in [9.17, 15) is 19.5 Å². The van der Waals surface area contributed by atoms with Crippen molar-refractivity contribution in [3.63, 3.8) is 0 Å². The highest BCUT2D eigenvalue weighted by Gasteiger charge is 2.77. The van der Waals surface area contributed by atoms with E-state index in [-0.39, 0.29) is 18.4 Å². The third-order valence-electron chi connectivity index (χ3n) is 7.07. The van der Waals surface area contributed by atoms with E-state index >= 15 is 0 Å². The molecule has 156 valence electrons. The van der Waals surface area contributed by atoms with Gasteiger partial charge in [0.25, 0.3) is 5.91 Å². The van der Waals surface area contributed by atoms with E-state index in [4.69, 9.17) is 4.74 Å². The minimum atomic E-state index is -1.20. The summed E-state index contributed by atoms with van der Waals surface area (Å²) in [5.41, 5.74) is -0.440. The van der Waals surface area contributed by atoms with E-state index in [2.05, 4.69) is 0 Å². The average molecular weight is 416 g/mol. The number of para-hydroxylation sites is 1. The van der Waals surface area contributed by atoms with Crippen LogP contribution < -0.4 is 4.90 Å². The highest BCUT2D eigenvalue weighted by Crippen LogP contribution is 2.61. The third-order valence-corrected chi connectivity index (χ3v) is 7.07. The highest BCUT2D eigenvalue weighted by atomic mass is 16.5. The summed E-state index contributed by atoms with van der Waals surface area (Å²) in [6.07, 6.45) is 2.79. The summed E-state index contributed by atoms with van der Waals surface area (Å²) in [4.78, 5) is 42.8. The monoisotopic (exact) mass is 416 g/mol. The number of carboxylic acid groups (broad SMARTS) is 1. The van der Waals surface area contributed by atoms with E-state index in [1.165, 1.54) is 0 Å². The second-order valence-electron chi connectivity index (χ2n) is 8.78. The molecule has 0 aromatic heterocycles. The molecule has 5 atom stereocenters. The largest absolute Gasteiger partial charge is 0.481 e. The summed E-state index contributed by atoms with van der Waals surface area (Å²) in [7, 11) is 0. The molecule has 0 aliphatic carbocycles. The van der Waals surface area contributed by atoms with Crippen LogP contribution in [0.1, 0.15) is 22.8 Å². The Labute approximate surface area is 178 Å². The maximum Gasteiger partial charge on any atom is 0.310 e. The maximum atomic E-state index is 13.7. The number of benzene rings is 2. The Morgan fingerprint density at radius 2 is 1.77 bits per heavy atom. The molecule has 2 saturated heterocycles. The Hall–Kier alpha value is -3.45. The van der Waals surface area contributed by atoms with Crippen LogP contribution in [0.3, 0.4) is 0 Å². The fourth-order valence-corrected chi connectivity index (χ4v) is 5.87. The van der Waals surface area contributed by atoms with E-state index in [1.54, 1.807) is 53.1 Å². The van der Waals surface area contributed by atoms with Gasteiger partial charge in [-0.25, -0.2) is 0 Å². The standard InChI is InChI=1S/C24H20N2O5/c1-23-11-12-24(31-23)17(18(23)21(29)30)20(28)26-16-10-6-5-9-15(16)19(27)25(22(24)26)13-14-7-3-2-4-8-14/h2-12,17-18,22H,13H2,1H3,(H,29,30)/t17-,18+,22+,23+,24-/m1/s1. The van der Waals surface area contributed by atoms with Gasteiger partial charge in [-0.05, 0) is 30.7 Å². The normalized spacial score (nSPS) is 34.7. The molecule has 6 rings (SSSR count). The van der Waals surface area contributed by atoms with Crippen molar-refractivity contribution in [2.45, 2.75) is 30.8 Å². The number of ether oxygens (including phenoxy) is 1. The topological polar surface area (TPSA) is 87.2 Å². The van der Waals surface area contributed by atoms with Crippen molar-refractivity contribution < 1.29 is 24.2 Å². The summed E-state index contributed by atoms with van der Waals surface area (Å²) < 4.78 is 6.37.